The van der Waals surface area contributed by atoms with Crippen LogP contribution < -0.4 is 63.8 Å². The van der Waals surface area contributed by atoms with Crippen molar-refractivity contribution >= 4 is 113 Å². The van der Waals surface area contributed by atoms with E-state index in [9.17, 15) is 112 Å². The lowest BCUT2D eigenvalue weighted by molar-refractivity contribution is -0.143. The number of rotatable bonds is 49. The number of amides is 7. The Hall–Kier alpha value is -12.9. The monoisotopic (exact) mass is 2040 g/mol. The van der Waals surface area contributed by atoms with Gasteiger partial charge in [-0.05, 0) is 184 Å². The first kappa shape index (κ1) is 110. The van der Waals surface area contributed by atoms with Crippen LogP contribution in [0.3, 0.4) is 0 Å². The van der Waals surface area contributed by atoms with Gasteiger partial charge < -0.3 is 67.9 Å². The maximum absolute atomic E-state index is 15.1. The molecule has 1 saturated heterocycles. The summed E-state index contributed by atoms with van der Waals surface area (Å²) in [5, 5.41) is 40.9. The maximum Gasteiger partial charge on any atom is 0.331 e. The van der Waals surface area contributed by atoms with E-state index in [1.807, 2.05) is 43.9 Å². The molecule has 4 aliphatic rings. The van der Waals surface area contributed by atoms with Crippen LogP contribution in [0.1, 0.15) is 168 Å². The molecule has 4 heterocycles. The fourth-order valence-corrected chi connectivity index (χ4v) is 20.6. The van der Waals surface area contributed by atoms with Crippen LogP contribution in [0.5, 0.6) is 5.75 Å². The van der Waals surface area contributed by atoms with Gasteiger partial charge in [-0.25, -0.2) is 28.0 Å². The van der Waals surface area contributed by atoms with E-state index in [2.05, 4.69) is 69.6 Å². The number of thioether (sulfide) groups is 1. The number of imide groups is 1. The number of carboxylic acid groups (broad SMARTS) is 3. The molecule has 6 unspecified atom stereocenters. The summed E-state index contributed by atoms with van der Waals surface area (Å²) in [5.41, 5.74) is 18.0. The number of nitrogens with two attached hydrogens (primary N) is 2. The number of aryl methyl sites for hydroxylation is 3. The number of likely N-dealkylation sites (tertiary alicyclic amines) is 1. The Kier molecular flexibility index (Phi) is 36.9. The third-order valence-electron chi connectivity index (χ3n) is 25.6. The minimum atomic E-state index is -4.62. The minimum Gasteiger partial charge on any atom is -0.480 e. The van der Waals surface area contributed by atoms with Crippen molar-refractivity contribution in [3.63, 3.8) is 0 Å². The number of carboxylic acids is 3. The minimum absolute atomic E-state index is 0.0123. The highest BCUT2D eigenvalue weighted by atomic mass is 32.2. The summed E-state index contributed by atoms with van der Waals surface area (Å²) in [6.45, 7) is 10.4. The van der Waals surface area contributed by atoms with E-state index < -0.39 is 215 Å². The lowest BCUT2D eigenvalue weighted by Crippen LogP contribution is -2.53. The van der Waals surface area contributed by atoms with Gasteiger partial charge in [-0.1, -0.05) is 136 Å². The van der Waals surface area contributed by atoms with Gasteiger partial charge in [0.2, 0.25) is 41.4 Å². The third-order valence-corrected chi connectivity index (χ3v) is 29.3. The molecule has 1 aliphatic carbocycles. The number of aromatic nitrogens is 2. The first-order valence-electron chi connectivity index (χ1n) is 46.2. The zero-order valence-corrected chi connectivity index (χ0v) is 82.4. The molecule has 37 nitrogen and oxygen atoms in total. The number of aliphatic carboxylic acids is 3. The first-order chi connectivity index (χ1) is 67.0. The Labute approximate surface area is 824 Å². The molecule has 43 heteroatoms. The number of carbonyl (C=O) groups excluding carboxylic acids is 7. The average Bonchev–Trinajstić information content (AvgIpc) is 1.54. The SMILES string of the molecule is Cc1ccc2c(c1)C(C)(C)C(/C=C/C1=C(Oc3ccc(CCC(=O)NCCN4C(=O)CC(SCC(NC(=O)C(N)CNC(=O)CCC(NC(=O)CCC(NC(=O)CCc5cccc(-c6c(C)n(Cc7c(F)cccc7F)c(=O)n(C[C@H](N)c7ccccc7)c6=O)c5)C(=O)O)C(=O)O)C(=O)O)C4=O)cc3)C(=C/C=C3/N(CCCCS(=O)(=O)O)c4ccc(S(=O)(=O)O)cc4C3(C)C)/CCC1)N2CCCCS(=O)(=O)O. The Bertz CT molecular complexity index is 6570. The van der Waals surface area contributed by atoms with Crippen LogP contribution >= 0.6 is 11.8 Å². The molecule has 1 fully saturated rings. The maximum atomic E-state index is 15.1. The lowest BCUT2D eigenvalue weighted by Gasteiger charge is -2.33. The van der Waals surface area contributed by atoms with E-state index in [0.717, 1.165) is 83.2 Å². The van der Waals surface area contributed by atoms with Crippen molar-refractivity contribution in [3.8, 4) is 16.9 Å². The molecule has 11 rings (SSSR count). The highest BCUT2D eigenvalue weighted by Gasteiger charge is 2.45. The van der Waals surface area contributed by atoms with Gasteiger partial charge in [0, 0.05) is 116 Å². The predicted molar refractivity (Wildman–Crippen MR) is 526 cm³/mol. The fourth-order valence-electron chi connectivity index (χ4n) is 17.8. The van der Waals surface area contributed by atoms with Gasteiger partial charge in [0.1, 0.15) is 47.3 Å². The molecule has 1 aromatic heterocycles. The Morgan fingerprint density at radius 3 is 1.86 bits per heavy atom. The van der Waals surface area contributed by atoms with Crippen molar-refractivity contribution < 1.29 is 116 Å². The average molecular weight is 2040 g/mol. The summed E-state index contributed by atoms with van der Waals surface area (Å²) in [6, 6.07) is 28.1. The smallest absolute Gasteiger partial charge is 0.331 e. The van der Waals surface area contributed by atoms with Crippen LogP contribution in [0.15, 0.2) is 195 Å². The zero-order valence-electron chi connectivity index (χ0n) is 79.2. The number of unbranched alkanes of at least 4 members (excludes halogenated alkanes) is 2. The lowest BCUT2D eigenvalue weighted by atomic mass is 9.79. The van der Waals surface area contributed by atoms with Gasteiger partial charge in [-0.3, -0.25) is 66.0 Å². The highest BCUT2D eigenvalue weighted by molar-refractivity contribution is 8.00. The van der Waals surface area contributed by atoms with Gasteiger partial charge in [-0.2, -0.15) is 25.3 Å². The van der Waals surface area contributed by atoms with Gasteiger partial charge in [-0.15, -0.1) is 11.8 Å². The molecule has 3 aliphatic heterocycles. The topological polar surface area (TPSA) is 570 Å². The summed E-state index contributed by atoms with van der Waals surface area (Å²) >= 11 is 0.772. The first-order valence-corrected chi connectivity index (χ1v) is 52.0. The molecule has 0 spiro atoms. The second kappa shape index (κ2) is 47.8. The van der Waals surface area contributed by atoms with Gasteiger partial charge in [0.15, 0.2) is 0 Å². The second-order valence-corrected chi connectivity index (χ2v) is 42.4. The van der Waals surface area contributed by atoms with Crippen LogP contribution in [0.25, 0.3) is 11.1 Å². The summed E-state index contributed by atoms with van der Waals surface area (Å²) in [6.07, 6.45) is 8.28. The number of nitrogens with one attached hydrogen (secondary N) is 5. The van der Waals surface area contributed by atoms with Crippen LogP contribution in [-0.4, -0.2) is 213 Å². The van der Waals surface area contributed by atoms with Crippen LogP contribution in [0.4, 0.5) is 20.2 Å². The van der Waals surface area contributed by atoms with Crippen LogP contribution in [0.2, 0.25) is 0 Å². The number of halogens is 2. The van der Waals surface area contributed by atoms with Gasteiger partial charge in [0.05, 0.1) is 46.3 Å². The normalized spacial score (nSPS) is 17.3. The number of anilines is 2. The molecule has 762 valence electrons. The standard InChI is InChI=1S/C99H118F2N12O25S4/c1-59-25-37-79-70(51-59)98(3,4)82(109(79)46-10-12-49-140(129,130)131)39-30-64-20-15-21-65(31-40-83-99(5,6)71-53-68(142(135,136)137)34-38-80(71)110(83)47-11-13-50-141(132,133)134)90(64)138-67-32-26-61(27-33-67)28-41-84(114)104-45-48-111-88(118)54-81(92(111)120)139-58-78(96(126)127)108-91(119)74(102)55-105-85(115)43-35-76(94(122)123)107-87(117)44-36-77(95(124)125)106-86(116)42-29-62-17-14-22-66(52-62)89-60(2)112(56-69-72(100)23-16-24-73(69)101)97(128)113(93(89)121)57-75(103)63-18-8-7-9-19-63/h7-9,14,16-19,22-27,30-34,37-40,51-53,74-78,81-82H,10-13,15,20-21,28-29,35-36,41-50,54-58,102-103H2,1-6H3,(H,104,114)(H,105,115)(H,106,116)(H,107,117)(H,108,119)(H,122,123)(H,124,125)(H,126,127)(H,129,130,131)(H,132,133,134)(H,135,136,137)/b39-30+,65-31+,83-40+/t74?,75-,76?,77?,78?,81?,82?/m0/s1. The second-order valence-electron chi connectivity index (χ2n) is 36.6. The summed E-state index contributed by atoms with van der Waals surface area (Å²) in [7, 11) is -13.1. The zero-order chi connectivity index (χ0) is 104. The van der Waals surface area contributed by atoms with Crippen molar-refractivity contribution in [3.05, 3.63) is 257 Å². The molecular formula is C99H118F2N12O25S4. The van der Waals surface area contributed by atoms with E-state index >= 15 is 8.78 Å². The van der Waals surface area contributed by atoms with Crippen molar-refractivity contribution in [1.29, 1.82) is 0 Å². The Morgan fingerprint density at radius 1 is 0.613 bits per heavy atom. The number of nitrogens with zero attached hydrogens (tertiary/aromatic N) is 5. The summed E-state index contributed by atoms with van der Waals surface area (Å²) in [4.78, 5) is 163. The van der Waals surface area contributed by atoms with E-state index in [1.165, 1.54) is 19.1 Å². The van der Waals surface area contributed by atoms with Crippen molar-refractivity contribution in [2.45, 2.75) is 215 Å². The van der Waals surface area contributed by atoms with Gasteiger partial charge >= 0.3 is 23.6 Å². The number of allylic oxidation sites excluding steroid dienone is 6. The molecule has 0 bridgehead atoms. The van der Waals surface area contributed by atoms with Crippen molar-refractivity contribution in [2.24, 2.45) is 11.5 Å². The van der Waals surface area contributed by atoms with Crippen LogP contribution in [-0.2, 0) is 115 Å². The number of carbonyl (C=O) groups is 10. The van der Waals surface area contributed by atoms with Crippen molar-refractivity contribution in [1.82, 2.24) is 40.6 Å². The van der Waals surface area contributed by atoms with Crippen molar-refractivity contribution in [2.75, 3.05) is 59.8 Å². The Balaban J connectivity index is 0.637. The predicted octanol–water partition coefficient (Wildman–Crippen LogP) is 8.30. The largest absolute Gasteiger partial charge is 0.480 e. The molecule has 7 atom stereocenters. The van der Waals surface area contributed by atoms with E-state index in [1.54, 1.807) is 84.9 Å². The quantitative estimate of drug-likeness (QED) is 0.00968. The molecule has 142 heavy (non-hydrogen) atoms. The summed E-state index contributed by atoms with van der Waals surface area (Å²) < 4.78 is 140. The third kappa shape index (κ3) is 28.8. The fraction of sp³-hybridized carbons (Fsp3) is 0.414. The number of ether oxygens (including phenoxy) is 1. The molecule has 7 amide bonds. The van der Waals surface area contributed by atoms with E-state index in [4.69, 9.17) is 16.2 Å². The molecular weight excluding hydrogens is 1920 g/mol. The van der Waals surface area contributed by atoms with E-state index in [0.29, 0.717) is 72.5 Å². The van der Waals surface area contributed by atoms with E-state index in [-0.39, 0.29) is 105 Å². The molecule has 7 aromatic rings. The molecule has 0 radical (unpaired) electrons. The summed E-state index contributed by atoms with van der Waals surface area (Å²) in [5.74, 6) is -12.2. The molecule has 15 N–H and O–H groups in total. The van der Waals surface area contributed by atoms with Crippen LogP contribution in [0, 0.1) is 25.5 Å². The number of hydrogen-bond donors (Lipinski definition) is 13. The number of benzene rings is 6. The molecule has 0 saturated carbocycles. The van der Waals surface area contributed by atoms with Gasteiger partial charge in [0.25, 0.3) is 35.9 Å². The highest BCUT2D eigenvalue weighted by Crippen LogP contribution is 2.50. The number of hydrogen-bond acceptors (Lipinski definition) is 24. The number of fused-ring (bicyclic) bond motifs is 2. The molecule has 6 aromatic carbocycles. The Morgan fingerprint density at radius 2 is 1.22 bits per heavy atom.